The molecular formula is C20H25FN10O9P2S2. The van der Waals surface area contributed by atoms with Crippen molar-refractivity contribution in [2.24, 2.45) is 0 Å². The van der Waals surface area contributed by atoms with Crippen molar-refractivity contribution in [2.75, 3.05) is 24.7 Å². The number of aromatic nitrogens is 8. The van der Waals surface area contributed by atoms with Gasteiger partial charge in [0.1, 0.15) is 24.1 Å². The molecule has 0 amide bonds. The van der Waals surface area contributed by atoms with Gasteiger partial charge in [-0.25, -0.2) is 33.5 Å². The van der Waals surface area contributed by atoms with Crippen molar-refractivity contribution in [2.45, 2.75) is 49.8 Å². The maximum atomic E-state index is 15.0. The molecule has 8 atom stereocenters. The number of H-pyrrole nitrogens is 1. The molecular weight excluding hydrogens is 669 g/mol. The standard InChI is InChI=1S/C20H25FN10O9P2S2/c21-10-1-8(38-18(10)30-6-26-12-14(22)24-5-25-15(12)30)4-37-42(35,44)40-11-2-9(3-36-41(33,34)43)39-19(11)31-7-27-13-16(31)28-20(23)29-17(13)32/h5-11,18-19H,1-4H2,(H,35,44)(H2,22,24,25)(H2,33,34,43)(H3,23,28,29,32)/t8-,9-,10-,11?,18+,19+,42?/m0/s1. The van der Waals surface area contributed by atoms with Crippen LogP contribution in [-0.2, 0) is 32.2 Å². The third-order valence-corrected chi connectivity index (χ3v) is 9.25. The molecule has 6 heterocycles. The van der Waals surface area contributed by atoms with Crippen molar-refractivity contribution in [3.63, 3.8) is 0 Å². The number of nitrogens with two attached hydrogens (primary N) is 2. The van der Waals surface area contributed by atoms with E-state index in [0.717, 1.165) is 0 Å². The van der Waals surface area contributed by atoms with Crippen LogP contribution in [0.5, 0.6) is 0 Å². The lowest BCUT2D eigenvalue weighted by Crippen LogP contribution is -2.23. The molecule has 2 fully saturated rings. The van der Waals surface area contributed by atoms with Gasteiger partial charge >= 0.3 is 13.6 Å². The normalized spacial score (nSPS) is 28.5. The Kier molecular flexibility index (Phi) is 8.50. The summed E-state index contributed by atoms with van der Waals surface area (Å²) in [6, 6.07) is 0. The van der Waals surface area contributed by atoms with Gasteiger partial charge in [-0.15, -0.1) is 0 Å². The van der Waals surface area contributed by atoms with Crippen LogP contribution in [0.2, 0.25) is 0 Å². The third-order valence-electron chi connectivity index (χ3n) is 6.78. The van der Waals surface area contributed by atoms with Gasteiger partial charge in [0.05, 0.1) is 38.1 Å². The minimum atomic E-state index is -4.19. The molecule has 0 aromatic carbocycles. The molecule has 238 valence electrons. The maximum absolute atomic E-state index is 15.0. The predicted octanol–water partition coefficient (Wildman–Crippen LogP) is 1.52. The molecule has 19 nitrogen and oxygen atoms in total. The van der Waals surface area contributed by atoms with E-state index in [1.807, 2.05) is 0 Å². The van der Waals surface area contributed by atoms with Gasteiger partial charge in [0.2, 0.25) is 5.95 Å². The topological polar surface area (TPSA) is 260 Å². The van der Waals surface area contributed by atoms with Crippen molar-refractivity contribution >= 4 is 72.2 Å². The fraction of sp³-hybridized carbons (Fsp3) is 0.500. The molecule has 0 aliphatic carbocycles. The van der Waals surface area contributed by atoms with Gasteiger partial charge in [-0.3, -0.25) is 32.5 Å². The van der Waals surface area contributed by atoms with Gasteiger partial charge in [0, 0.05) is 12.8 Å². The number of alkyl halides is 1. The van der Waals surface area contributed by atoms with E-state index in [1.165, 1.54) is 28.1 Å². The van der Waals surface area contributed by atoms with E-state index in [9.17, 15) is 18.8 Å². The van der Waals surface area contributed by atoms with Gasteiger partial charge in [-0.1, -0.05) is 24.5 Å². The van der Waals surface area contributed by atoms with Crippen molar-refractivity contribution in [1.29, 1.82) is 0 Å². The van der Waals surface area contributed by atoms with E-state index in [2.05, 4.69) is 54.4 Å². The summed E-state index contributed by atoms with van der Waals surface area (Å²) in [5, 5.41) is 0. The molecule has 2 aliphatic rings. The minimum Gasteiger partial charge on any atom is -0.382 e. The number of ether oxygens (including phenoxy) is 2. The second kappa shape index (κ2) is 11.9. The Morgan fingerprint density at radius 3 is 2.41 bits per heavy atom. The van der Waals surface area contributed by atoms with Crippen molar-refractivity contribution in [3.05, 3.63) is 29.3 Å². The Bertz CT molecular complexity index is 1860. The van der Waals surface area contributed by atoms with Crippen LogP contribution in [0.15, 0.2) is 23.8 Å². The monoisotopic (exact) mass is 694 g/mol. The molecule has 0 saturated carbocycles. The highest BCUT2D eigenvalue weighted by Gasteiger charge is 2.44. The highest BCUT2D eigenvalue weighted by molar-refractivity contribution is 8.44. The fourth-order valence-electron chi connectivity index (χ4n) is 4.96. The zero-order chi connectivity index (χ0) is 31.4. The first kappa shape index (κ1) is 31.3. The molecule has 6 rings (SSSR count). The fourth-order valence-corrected chi connectivity index (χ4v) is 7.03. The zero-order valence-electron chi connectivity index (χ0n) is 22.2. The molecule has 0 radical (unpaired) electrons. The van der Waals surface area contributed by atoms with Crippen molar-refractivity contribution in [1.82, 2.24) is 39.0 Å². The Morgan fingerprint density at radius 1 is 1.00 bits per heavy atom. The van der Waals surface area contributed by atoms with E-state index in [-0.39, 0.29) is 60.1 Å². The number of nitrogen functional groups attached to an aromatic ring is 2. The number of aromatic amines is 1. The van der Waals surface area contributed by atoms with E-state index in [4.69, 9.17) is 34.5 Å². The smallest absolute Gasteiger partial charge is 0.382 e. The van der Waals surface area contributed by atoms with Gasteiger partial charge in [-0.2, -0.15) is 4.98 Å². The second-order valence-corrected chi connectivity index (χ2v) is 15.5. The minimum absolute atomic E-state index is 0.0294. The number of imidazole rings is 2. The van der Waals surface area contributed by atoms with E-state index < -0.39 is 56.1 Å². The number of nitrogens with zero attached hydrogens (tertiary/aromatic N) is 7. The molecule has 3 unspecified atom stereocenters. The van der Waals surface area contributed by atoms with Gasteiger partial charge < -0.3 is 25.8 Å². The summed E-state index contributed by atoms with van der Waals surface area (Å²) in [7, 11) is 0. The van der Waals surface area contributed by atoms with E-state index in [1.54, 1.807) is 0 Å². The molecule has 0 spiro atoms. The highest BCUT2D eigenvalue weighted by Crippen LogP contribution is 2.57. The molecule has 2 saturated heterocycles. The van der Waals surface area contributed by atoms with Crippen molar-refractivity contribution in [3.8, 4) is 0 Å². The molecule has 2 aliphatic heterocycles. The first-order chi connectivity index (χ1) is 20.8. The average Bonchev–Trinajstić information content (AvgIpc) is 3.71. The summed E-state index contributed by atoms with van der Waals surface area (Å²) < 4.78 is 70.5. The lowest BCUT2D eigenvalue weighted by atomic mass is 10.2. The average molecular weight is 695 g/mol. The van der Waals surface area contributed by atoms with Crippen LogP contribution in [-0.4, -0.2) is 81.6 Å². The number of hydrogen-bond donors (Lipinski definition) is 6. The summed E-state index contributed by atoms with van der Waals surface area (Å²) in [4.78, 5) is 44.2. The quantitative estimate of drug-likeness (QED) is 0.102. The van der Waals surface area contributed by atoms with Gasteiger partial charge in [0.15, 0.2) is 35.1 Å². The Hall–Kier alpha value is -2.65. The first-order valence-corrected chi connectivity index (χ1v) is 18.2. The summed E-state index contributed by atoms with van der Waals surface area (Å²) in [5.41, 5.74) is 11.4. The highest BCUT2D eigenvalue weighted by atomic mass is 32.7. The van der Waals surface area contributed by atoms with Crippen LogP contribution in [0.1, 0.15) is 25.3 Å². The summed E-state index contributed by atoms with van der Waals surface area (Å²) >= 11 is 7.58. The van der Waals surface area contributed by atoms with Gasteiger partial charge in [0.25, 0.3) is 5.56 Å². The summed E-state index contributed by atoms with van der Waals surface area (Å²) in [5.74, 6) is -0.0661. The summed E-state index contributed by atoms with van der Waals surface area (Å²) in [6.45, 7) is -9.09. The molecule has 4 aromatic heterocycles. The van der Waals surface area contributed by atoms with Gasteiger partial charge in [-0.05, 0) is 0 Å². The number of rotatable bonds is 10. The SMILES string of the molecule is Nc1nc2c(ncn2[C@@H]2O[C@H](COP(=O)(O)S)CC2OP(=O)(S)OC[C@@H]2C[C@H](F)[C@H](n3cnc4c(N)ncnc43)O2)c(=O)[nH]1. The van der Waals surface area contributed by atoms with Crippen LogP contribution in [0, 0.1) is 0 Å². The lowest BCUT2D eigenvalue weighted by molar-refractivity contribution is -0.0470. The third kappa shape index (κ3) is 6.50. The molecule has 0 bridgehead atoms. The summed E-state index contributed by atoms with van der Waals surface area (Å²) in [6.07, 6.45) is -2.87. The number of anilines is 2. The van der Waals surface area contributed by atoms with Crippen LogP contribution < -0.4 is 17.0 Å². The van der Waals surface area contributed by atoms with Crippen LogP contribution in [0.25, 0.3) is 22.3 Å². The zero-order valence-corrected chi connectivity index (χ0v) is 25.8. The van der Waals surface area contributed by atoms with E-state index >= 15 is 4.39 Å². The Balaban J connectivity index is 1.16. The van der Waals surface area contributed by atoms with Crippen molar-refractivity contribution < 1.29 is 41.5 Å². The van der Waals surface area contributed by atoms with Crippen LogP contribution >= 0.6 is 38.1 Å². The maximum Gasteiger partial charge on any atom is 0.386 e. The second-order valence-electron chi connectivity index (χ2n) is 9.84. The molecule has 24 heteroatoms. The number of thiol groups is 2. The Morgan fingerprint density at radius 2 is 1.66 bits per heavy atom. The Labute approximate surface area is 256 Å². The lowest BCUT2D eigenvalue weighted by Gasteiger charge is -2.24. The number of halogens is 1. The number of nitrogens with one attached hydrogen (secondary N) is 1. The molecule has 6 N–H and O–H groups in total. The first-order valence-electron chi connectivity index (χ1n) is 12.7. The van der Waals surface area contributed by atoms with E-state index in [0.29, 0.717) is 0 Å². The van der Waals surface area contributed by atoms with Crippen LogP contribution in [0.3, 0.4) is 0 Å². The molecule has 44 heavy (non-hydrogen) atoms. The predicted molar refractivity (Wildman–Crippen MR) is 156 cm³/mol. The number of hydrogen-bond acceptors (Lipinski definition) is 15. The molecule has 4 aromatic rings. The number of fused-ring (bicyclic) bond motifs is 2. The largest absolute Gasteiger partial charge is 0.386 e. The van der Waals surface area contributed by atoms with Crippen LogP contribution in [0.4, 0.5) is 16.2 Å².